The van der Waals surface area contributed by atoms with Crippen LogP contribution in [-0.4, -0.2) is 29.2 Å². The molecule has 2 rings (SSSR count). The summed E-state index contributed by atoms with van der Waals surface area (Å²) in [5, 5.41) is 0. The molecule has 0 spiro atoms. The third-order valence-corrected chi connectivity index (χ3v) is 4.33. The summed E-state index contributed by atoms with van der Waals surface area (Å²) < 4.78 is 34.3. The minimum absolute atomic E-state index is 0.311. The van der Waals surface area contributed by atoms with Crippen LogP contribution in [0.2, 0.25) is 0 Å². The Balaban J connectivity index is 2.39. The van der Waals surface area contributed by atoms with E-state index < -0.39 is 25.2 Å². The summed E-state index contributed by atoms with van der Waals surface area (Å²) in [6.45, 7) is 11.1. The zero-order valence-corrected chi connectivity index (χ0v) is 12.0. The Kier molecular flexibility index (Phi) is 2.92. The van der Waals surface area contributed by atoms with Crippen LogP contribution in [-0.2, 0) is 23.1 Å². The van der Waals surface area contributed by atoms with Gasteiger partial charge in [-0.15, -0.1) is 9.05 Å². The Morgan fingerprint density at radius 1 is 0.824 bits per heavy atom. The van der Waals surface area contributed by atoms with Gasteiger partial charge in [-0.05, 0) is 41.5 Å². The van der Waals surface area contributed by atoms with E-state index in [4.69, 9.17) is 18.5 Å². The SMILES string of the molecule is CC1(C)OC2C(O1)C(C)(C)O[P+](=O)OC2(C)C. The Hall–Kier alpha value is -0.0600. The lowest BCUT2D eigenvalue weighted by Crippen LogP contribution is -2.50. The summed E-state index contributed by atoms with van der Waals surface area (Å²) in [6, 6.07) is 0. The van der Waals surface area contributed by atoms with Crippen molar-refractivity contribution in [1.29, 1.82) is 0 Å². The summed E-state index contributed by atoms with van der Waals surface area (Å²) in [5.41, 5.74) is -1.42. The van der Waals surface area contributed by atoms with Crippen LogP contribution >= 0.6 is 8.25 Å². The first kappa shape index (κ1) is 13.4. The van der Waals surface area contributed by atoms with E-state index in [0.717, 1.165) is 0 Å². The van der Waals surface area contributed by atoms with E-state index in [2.05, 4.69) is 0 Å². The molecule has 2 atom stereocenters. The van der Waals surface area contributed by atoms with Crippen LogP contribution in [0.5, 0.6) is 0 Å². The lowest BCUT2D eigenvalue weighted by Gasteiger charge is -2.29. The normalized spacial score (nSPS) is 40.7. The van der Waals surface area contributed by atoms with Crippen molar-refractivity contribution >= 4 is 8.25 Å². The number of hydrogen-bond donors (Lipinski definition) is 0. The summed E-state index contributed by atoms with van der Waals surface area (Å²) in [7, 11) is -2.16. The van der Waals surface area contributed by atoms with Gasteiger partial charge in [-0.3, -0.25) is 0 Å². The molecule has 5 nitrogen and oxygen atoms in total. The van der Waals surface area contributed by atoms with Crippen LogP contribution in [0.25, 0.3) is 0 Å². The van der Waals surface area contributed by atoms with Crippen LogP contribution in [0, 0.1) is 0 Å². The molecule has 17 heavy (non-hydrogen) atoms. The average Bonchev–Trinajstić information content (AvgIpc) is 2.37. The molecule has 0 amide bonds. The smallest absolute Gasteiger partial charge is 0.341 e. The number of fused-ring (bicyclic) bond motifs is 1. The lowest BCUT2D eigenvalue weighted by molar-refractivity contribution is -0.173. The highest BCUT2D eigenvalue weighted by Crippen LogP contribution is 2.50. The Morgan fingerprint density at radius 2 is 1.18 bits per heavy atom. The molecule has 2 saturated heterocycles. The van der Waals surface area contributed by atoms with Gasteiger partial charge in [0.15, 0.2) is 5.79 Å². The van der Waals surface area contributed by atoms with Crippen LogP contribution in [0.4, 0.5) is 0 Å². The third-order valence-electron chi connectivity index (χ3n) is 3.09. The van der Waals surface area contributed by atoms with Gasteiger partial charge in [0, 0.05) is 4.57 Å². The topological polar surface area (TPSA) is 54.0 Å². The van der Waals surface area contributed by atoms with Crippen LogP contribution in [0.1, 0.15) is 41.5 Å². The van der Waals surface area contributed by atoms with Gasteiger partial charge >= 0.3 is 8.25 Å². The molecule has 0 bridgehead atoms. The molecule has 2 heterocycles. The molecule has 0 saturated carbocycles. The number of rotatable bonds is 0. The number of ether oxygens (including phenoxy) is 2. The van der Waals surface area contributed by atoms with Gasteiger partial charge < -0.3 is 9.47 Å². The molecule has 6 heteroatoms. The monoisotopic (exact) mass is 263 g/mol. The van der Waals surface area contributed by atoms with Gasteiger partial charge in [0.2, 0.25) is 0 Å². The molecule has 0 N–H and O–H groups in total. The third kappa shape index (κ3) is 2.40. The molecule has 0 aromatic rings. The van der Waals surface area contributed by atoms with E-state index in [-0.39, 0.29) is 12.2 Å². The van der Waals surface area contributed by atoms with Gasteiger partial charge in [0.1, 0.15) is 23.4 Å². The molecule has 0 aromatic carbocycles. The highest BCUT2D eigenvalue weighted by atomic mass is 31.1. The van der Waals surface area contributed by atoms with E-state index in [0.29, 0.717) is 0 Å². The average molecular weight is 263 g/mol. The molecule has 2 aliphatic heterocycles. The Bertz CT molecular complexity index is 320. The van der Waals surface area contributed by atoms with Crippen molar-refractivity contribution in [2.75, 3.05) is 0 Å². The van der Waals surface area contributed by atoms with Crippen LogP contribution < -0.4 is 0 Å². The molecule has 98 valence electrons. The first-order valence-corrected chi connectivity index (χ1v) is 6.84. The first-order valence-electron chi connectivity index (χ1n) is 5.75. The van der Waals surface area contributed by atoms with Gasteiger partial charge in [-0.25, -0.2) is 0 Å². The fraction of sp³-hybridized carbons (Fsp3) is 1.00. The second kappa shape index (κ2) is 3.72. The summed E-state index contributed by atoms with van der Waals surface area (Å²) in [4.78, 5) is 0. The molecule has 0 radical (unpaired) electrons. The van der Waals surface area contributed by atoms with Gasteiger partial charge in [0.05, 0.1) is 0 Å². The zero-order chi connectivity index (χ0) is 13.1. The van der Waals surface area contributed by atoms with Crippen molar-refractivity contribution in [2.45, 2.75) is 70.7 Å². The summed E-state index contributed by atoms with van der Waals surface area (Å²) >= 11 is 0. The highest BCUT2D eigenvalue weighted by Gasteiger charge is 2.63. The fourth-order valence-electron chi connectivity index (χ4n) is 2.28. The first-order chi connectivity index (χ1) is 7.54. The highest BCUT2D eigenvalue weighted by molar-refractivity contribution is 7.33. The molecule has 2 unspecified atom stereocenters. The number of hydrogen-bond acceptors (Lipinski definition) is 5. The predicted octanol–water partition coefficient (Wildman–Crippen LogP) is 2.77. The van der Waals surface area contributed by atoms with Gasteiger partial charge in [0.25, 0.3) is 0 Å². The second-order valence-corrected chi connectivity index (χ2v) is 6.90. The molecule has 2 fully saturated rings. The standard InChI is InChI=1S/C11H20O5P/c1-9(2)7-8(14-11(5,6)13-7)10(3,4)16-17(12)15-9/h7-8H,1-6H3/q+1. The van der Waals surface area contributed by atoms with Crippen molar-refractivity contribution < 1.29 is 23.1 Å². The van der Waals surface area contributed by atoms with Crippen molar-refractivity contribution in [1.82, 2.24) is 0 Å². The largest absolute Gasteiger partial charge is 0.698 e. The van der Waals surface area contributed by atoms with Gasteiger partial charge in [-0.2, -0.15) is 0 Å². The Morgan fingerprint density at radius 3 is 1.53 bits per heavy atom. The summed E-state index contributed by atoms with van der Waals surface area (Å²) in [5.74, 6) is -0.681. The minimum Gasteiger partial charge on any atom is -0.341 e. The maximum absolute atomic E-state index is 11.7. The van der Waals surface area contributed by atoms with E-state index in [1.165, 1.54) is 0 Å². The molecule has 0 aromatic heterocycles. The minimum atomic E-state index is -2.16. The zero-order valence-electron chi connectivity index (χ0n) is 11.1. The maximum atomic E-state index is 11.7. The van der Waals surface area contributed by atoms with Gasteiger partial charge in [-0.1, -0.05) is 0 Å². The maximum Gasteiger partial charge on any atom is 0.698 e. The van der Waals surface area contributed by atoms with Crippen molar-refractivity contribution in [3.63, 3.8) is 0 Å². The predicted molar refractivity (Wildman–Crippen MR) is 61.8 cm³/mol. The van der Waals surface area contributed by atoms with Crippen LogP contribution in [0.3, 0.4) is 0 Å². The quantitative estimate of drug-likeness (QED) is 0.629. The second-order valence-electron chi connectivity index (χ2n) is 6.09. The fourth-order valence-corrected chi connectivity index (χ4v) is 3.30. The summed E-state index contributed by atoms with van der Waals surface area (Å²) in [6.07, 6.45) is -0.622. The molecule has 2 aliphatic rings. The van der Waals surface area contributed by atoms with E-state index in [9.17, 15) is 4.57 Å². The van der Waals surface area contributed by atoms with E-state index >= 15 is 0 Å². The van der Waals surface area contributed by atoms with Crippen LogP contribution in [0.15, 0.2) is 0 Å². The van der Waals surface area contributed by atoms with E-state index in [1.807, 2.05) is 41.5 Å². The van der Waals surface area contributed by atoms with E-state index in [1.54, 1.807) is 0 Å². The lowest BCUT2D eigenvalue weighted by atomic mass is 9.88. The van der Waals surface area contributed by atoms with Crippen molar-refractivity contribution in [2.24, 2.45) is 0 Å². The molecular formula is C11H20O5P+. The van der Waals surface area contributed by atoms with Crippen molar-refractivity contribution in [3.05, 3.63) is 0 Å². The van der Waals surface area contributed by atoms with Crippen molar-refractivity contribution in [3.8, 4) is 0 Å². The molecular weight excluding hydrogens is 243 g/mol. The molecule has 0 aliphatic carbocycles. The Labute approximate surface area is 103 Å².